The van der Waals surface area contributed by atoms with Crippen LogP contribution in [0.4, 0.5) is 4.39 Å². The van der Waals surface area contributed by atoms with E-state index in [2.05, 4.69) is 22.9 Å². The number of hydrogen-bond donors (Lipinski definition) is 0. The molecule has 1 atom stereocenters. The molecule has 78 valence electrons. The zero-order valence-electron chi connectivity index (χ0n) is 8.06. The van der Waals surface area contributed by atoms with E-state index in [0.29, 0.717) is 11.8 Å². The summed E-state index contributed by atoms with van der Waals surface area (Å²) in [6, 6.07) is 5.17. The minimum atomic E-state index is -0.150. The summed E-state index contributed by atoms with van der Waals surface area (Å²) in [6.45, 7) is 2.07. The van der Waals surface area contributed by atoms with Crippen molar-refractivity contribution in [2.45, 2.75) is 19.8 Å². The Hall–Kier alpha value is -0.0800. The van der Waals surface area contributed by atoms with Gasteiger partial charge < -0.3 is 0 Å². The molecule has 0 nitrogen and oxygen atoms in total. The minimum Gasteiger partial charge on any atom is -0.207 e. The SMILES string of the molecule is CCC(CCl)Cc1ccc(Br)cc1F. The van der Waals surface area contributed by atoms with Gasteiger partial charge >= 0.3 is 0 Å². The molecule has 0 N–H and O–H groups in total. The Morgan fingerprint density at radius 3 is 2.71 bits per heavy atom. The van der Waals surface area contributed by atoms with Crippen LogP contribution in [0.5, 0.6) is 0 Å². The molecule has 0 amide bonds. The molecule has 0 fully saturated rings. The highest BCUT2D eigenvalue weighted by molar-refractivity contribution is 9.10. The largest absolute Gasteiger partial charge is 0.207 e. The molecular weight excluding hydrogens is 266 g/mol. The predicted octanol–water partition coefficient (Wildman–Crippen LogP) is 4.40. The monoisotopic (exact) mass is 278 g/mol. The van der Waals surface area contributed by atoms with E-state index in [9.17, 15) is 4.39 Å². The summed E-state index contributed by atoms with van der Waals surface area (Å²) in [7, 11) is 0. The van der Waals surface area contributed by atoms with Crippen LogP contribution in [-0.2, 0) is 6.42 Å². The van der Waals surface area contributed by atoms with E-state index in [1.54, 1.807) is 0 Å². The molecule has 1 aromatic carbocycles. The van der Waals surface area contributed by atoms with Crippen LogP contribution >= 0.6 is 27.5 Å². The number of alkyl halides is 1. The second-order valence-corrected chi connectivity index (χ2v) is 4.59. The molecular formula is C11H13BrClF. The Balaban J connectivity index is 2.76. The molecule has 0 spiro atoms. The summed E-state index contributed by atoms with van der Waals surface area (Å²) in [6.07, 6.45) is 1.71. The van der Waals surface area contributed by atoms with Gasteiger partial charge in [0.15, 0.2) is 0 Å². The molecule has 0 saturated carbocycles. The van der Waals surface area contributed by atoms with Crippen LogP contribution in [0.3, 0.4) is 0 Å². The third kappa shape index (κ3) is 3.25. The quantitative estimate of drug-likeness (QED) is 0.717. The highest BCUT2D eigenvalue weighted by Crippen LogP contribution is 2.20. The molecule has 1 unspecified atom stereocenters. The summed E-state index contributed by atoms with van der Waals surface area (Å²) in [5.74, 6) is 0.807. The Bertz CT molecular complexity index is 297. The molecule has 0 aliphatic carbocycles. The molecule has 0 aromatic heterocycles. The van der Waals surface area contributed by atoms with Gasteiger partial charge in [-0.1, -0.05) is 35.3 Å². The highest BCUT2D eigenvalue weighted by atomic mass is 79.9. The summed E-state index contributed by atoms with van der Waals surface area (Å²) in [5, 5.41) is 0. The predicted molar refractivity (Wildman–Crippen MR) is 62.3 cm³/mol. The lowest BCUT2D eigenvalue weighted by Crippen LogP contribution is -2.06. The van der Waals surface area contributed by atoms with Crippen molar-refractivity contribution in [2.24, 2.45) is 5.92 Å². The van der Waals surface area contributed by atoms with Crippen LogP contribution in [-0.4, -0.2) is 5.88 Å². The first-order chi connectivity index (χ1) is 6.67. The maximum Gasteiger partial charge on any atom is 0.127 e. The second-order valence-electron chi connectivity index (χ2n) is 3.37. The van der Waals surface area contributed by atoms with Gasteiger partial charge in [0.1, 0.15) is 5.82 Å². The summed E-state index contributed by atoms with van der Waals surface area (Å²) in [5.41, 5.74) is 0.751. The van der Waals surface area contributed by atoms with Crippen molar-refractivity contribution < 1.29 is 4.39 Å². The lowest BCUT2D eigenvalue weighted by Gasteiger charge is -2.11. The fourth-order valence-corrected chi connectivity index (χ4v) is 1.97. The van der Waals surface area contributed by atoms with Crippen LogP contribution in [0.2, 0.25) is 0 Å². The maximum atomic E-state index is 13.4. The van der Waals surface area contributed by atoms with Gasteiger partial charge in [0.2, 0.25) is 0 Å². The number of hydrogen-bond acceptors (Lipinski definition) is 0. The van der Waals surface area contributed by atoms with Crippen molar-refractivity contribution >= 4 is 27.5 Å². The van der Waals surface area contributed by atoms with Gasteiger partial charge in [-0.05, 0) is 30.0 Å². The average molecular weight is 280 g/mol. The Morgan fingerprint density at radius 2 is 2.21 bits per heavy atom. The second kappa shape index (κ2) is 5.72. The zero-order valence-corrected chi connectivity index (χ0v) is 10.4. The molecule has 1 aromatic rings. The van der Waals surface area contributed by atoms with Gasteiger partial charge in [-0.3, -0.25) is 0 Å². The first-order valence-electron chi connectivity index (χ1n) is 4.67. The third-order valence-corrected chi connectivity index (χ3v) is 3.25. The Morgan fingerprint density at radius 1 is 1.50 bits per heavy atom. The van der Waals surface area contributed by atoms with E-state index in [1.165, 1.54) is 6.07 Å². The number of rotatable bonds is 4. The van der Waals surface area contributed by atoms with Gasteiger partial charge in [0, 0.05) is 10.4 Å². The smallest absolute Gasteiger partial charge is 0.127 e. The molecule has 0 aliphatic heterocycles. The van der Waals surface area contributed by atoms with Crippen molar-refractivity contribution in [3.63, 3.8) is 0 Å². The molecule has 1 rings (SSSR count). The standard InChI is InChI=1S/C11H13BrClF/c1-2-8(7-13)5-9-3-4-10(12)6-11(9)14/h3-4,6,8H,2,5,7H2,1H3. The van der Waals surface area contributed by atoms with Crippen LogP contribution in [0.1, 0.15) is 18.9 Å². The van der Waals surface area contributed by atoms with Crippen molar-refractivity contribution in [3.8, 4) is 0 Å². The van der Waals surface area contributed by atoms with E-state index in [0.717, 1.165) is 22.9 Å². The highest BCUT2D eigenvalue weighted by Gasteiger charge is 2.09. The average Bonchev–Trinajstić information content (AvgIpc) is 2.17. The maximum absolute atomic E-state index is 13.4. The molecule has 0 aliphatic rings. The summed E-state index contributed by atoms with van der Waals surface area (Å²) in [4.78, 5) is 0. The van der Waals surface area contributed by atoms with E-state index >= 15 is 0 Å². The van der Waals surface area contributed by atoms with Gasteiger partial charge in [0.05, 0.1) is 0 Å². The van der Waals surface area contributed by atoms with Gasteiger partial charge in [-0.15, -0.1) is 11.6 Å². The van der Waals surface area contributed by atoms with E-state index in [4.69, 9.17) is 11.6 Å². The number of halogens is 3. The summed E-state index contributed by atoms with van der Waals surface area (Å²) < 4.78 is 14.2. The van der Waals surface area contributed by atoms with Crippen molar-refractivity contribution in [3.05, 3.63) is 34.1 Å². The van der Waals surface area contributed by atoms with E-state index in [-0.39, 0.29) is 5.82 Å². The fourth-order valence-electron chi connectivity index (χ4n) is 1.31. The minimum absolute atomic E-state index is 0.150. The Labute approximate surface area is 97.6 Å². The third-order valence-electron chi connectivity index (χ3n) is 2.32. The first-order valence-corrected chi connectivity index (χ1v) is 6.00. The first kappa shape index (κ1) is 12.0. The topological polar surface area (TPSA) is 0 Å². The van der Waals surface area contributed by atoms with Crippen LogP contribution in [0.25, 0.3) is 0 Å². The molecule has 0 bridgehead atoms. The molecule has 0 saturated heterocycles. The summed E-state index contributed by atoms with van der Waals surface area (Å²) >= 11 is 9.00. The molecule has 0 heterocycles. The van der Waals surface area contributed by atoms with Crippen LogP contribution in [0.15, 0.2) is 22.7 Å². The molecule has 14 heavy (non-hydrogen) atoms. The van der Waals surface area contributed by atoms with Gasteiger partial charge in [-0.25, -0.2) is 4.39 Å². The van der Waals surface area contributed by atoms with Crippen molar-refractivity contribution in [1.29, 1.82) is 0 Å². The van der Waals surface area contributed by atoms with E-state index < -0.39 is 0 Å². The van der Waals surface area contributed by atoms with Gasteiger partial charge in [-0.2, -0.15) is 0 Å². The van der Waals surface area contributed by atoms with E-state index in [1.807, 2.05) is 12.1 Å². The van der Waals surface area contributed by atoms with Crippen LogP contribution in [0, 0.1) is 11.7 Å². The lowest BCUT2D eigenvalue weighted by molar-refractivity contribution is 0.535. The molecule has 0 radical (unpaired) electrons. The van der Waals surface area contributed by atoms with Crippen molar-refractivity contribution in [1.82, 2.24) is 0 Å². The molecule has 3 heteroatoms. The van der Waals surface area contributed by atoms with Gasteiger partial charge in [0.25, 0.3) is 0 Å². The normalized spacial score (nSPS) is 12.9. The number of benzene rings is 1. The van der Waals surface area contributed by atoms with Crippen LogP contribution < -0.4 is 0 Å². The Kier molecular flexibility index (Phi) is 4.90. The zero-order chi connectivity index (χ0) is 10.6. The fraction of sp³-hybridized carbons (Fsp3) is 0.455. The van der Waals surface area contributed by atoms with Crippen molar-refractivity contribution in [2.75, 3.05) is 5.88 Å². The lowest BCUT2D eigenvalue weighted by atomic mass is 9.98.